The van der Waals surface area contributed by atoms with E-state index >= 15 is 0 Å². The topological polar surface area (TPSA) is 61.8 Å². The van der Waals surface area contributed by atoms with Gasteiger partial charge in [0.2, 0.25) is 0 Å². The second-order valence-corrected chi connectivity index (χ2v) is 6.73. The zero-order valence-electron chi connectivity index (χ0n) is 15.1. The molecule has 0 atom stereocenters. The van der Waals surface area contributed by atoms with E-state index in [1.807, 2.05) is 49.4 Å². The average Bonchev–Trinajstić information content (AvgIpc) is 2.66. The lowest BCUT2D eigenvalue weighted by molar-refractivity contribution is -0.144. The van der Waals surface area contributed by atoms with Gasteiger partial charge in [0.25, 0.3) is 0 Å². The molecule has 0 radical (unpaired) electrons. The van der Waals surface area contributed by atoms with Crippen LogP contribution in [0.3, 0.4) is 0 Å². The van der Waals surface area contributed by atoms with Crippen LogP contribution in [0.1, 0.15) is 25.3 Å². The molecule has 0 spiro atoms. The van der Waals surface area contributed by atoms with Crippen LogP contribution in [0.15, 0.2) is 54.6 Å². The number of nitrogens with zero attached hydrogens (tertiary/aromatic N) is 1. The molecule has 0 bridgehead atoms. The summed E-state index contributed by atoms with van der Waals surface area (Å²) in [6, 6.07) is 17.8. The van der Waals surface area contributed by atoms with Crippen LogP contribution < -0.4 is 10.1 Å². The lowest BCUT2D eigenvalue weighted by atomic mass is 9.87. The number of anilines is 1. The van der Waals surface area contributed by atoms with Crippen molar-refractivity contribution in [2.24, 2.45) is 0 Å². The van der Waals surface area contributed by atoms with Crippen LogP contribution in [0.5, 0.6) is 5.75 Å². The second kappa shape index (κ2) is 8.23. The van der Waals surface area contributed by atoms with E-state index in [0.717, 1.165) is 31.1 Å². The van der Waals surface area contributed by atoms with Crippen molar-refractivity contribution in [3.63, 3.8) is 0 Å². The molecule has 0 aromatic heterocycles. The van der Waals surface area contributed by atoms with Crippen LogP contribution in [-0.4, -0.2) is 41.2 Å². The summed E-state index contributed by atoms with van der Waals surface area (Å²) in [6.07, 6.45) is 1.14. The van der Waals surface area contributed by atoms with Crippen molar-refractivity contribution in [1.82, 2.24) is 4.90 Å². The van der Waals surface area contributed by atoms with Crippen molar-refractivity contribution in [3.8, 4) is 5.75 Å². The molecule has 1 aliphatic heterocycles. The third-order valence-corrected chi connectivity index (χ3v) is 4.92. The maximum Gasteiger partial charge on any atom is 0.329 e. The van der Waals surface area contributed by atoms with Gasteiger partial charge >= 0.3 is 5.97 Å². The smallest absolute Gasteiger partial charge is 0.329 e. The molecular weight excluding hydrogens is 328 g/mol. The molecule has 138 valence electrons. The molecule has 1 heterocycles. The van der Waals surface area contributed by atoms with E-state index in [-0.39, 0.29) is 0 Å². The van der Waals surface area contributed by atoms with Gasteiger partial charge in [-0.25, -0.2) is 4.79 Å². The van der Waals surface area contributed by atoms with E-state index in [1.54, 1.807) is 0 Å². The highest BCUT2D eigenvalue weighted by Gasteiger charge is 2.41. The number of nitrogens with one attached hydrogen (secondary N) is 1. The Balaban J connectivity index is 1.63. The Morgan fingerprint density at radius 3 is 2.35 bits per heavy atom. The van der Waals surface area contributed by atoms with Gasteiger partial charge in [0.15, 0.2) is 0 Å². The Hall–Kier alpha value is -2.53. The first-order chi connectivity index (χ1) is 12.6. The van der Waals surface area contributed by atoms with Crippen LogP contribution in [-0.2, 0) is 11.3 Å². The predicted octanol–water partition coefficient (Wildman–Crippen LogP) is 3.62. The Morgan fingerprint density at radius 2 is 1.77 bits per heavy atom. The van der Waals surface area contributed by atoms with Gasteiger partial charge in [-0.15, -0.1) is 0 Å². The molecule has 0 saturated carbocycles. The Kier molecular flexibility index (Phi) is 5.78. The summed E-state index contributed by atoms with van der Waals surface area (Å²) in [5, 5.41) is 13.1. The number of carboxylic acid groups (broad SMARTS) is 1. The van der Waals surface area contributed by atoms with E-state index < -0.39 is 11.5 Å². The first kappa shape index (κ1) is 18.3. The fourth-order valence-corrected chi connectivity index (χ4v) is 3.40. The Morgan fingerprint density at radius 1 is 1.12 bits per heavy atom. The molecular formula is C21H26N2O3. The molecule has 2 N–H and O–H groups in total. The normalized spacial score (nSPS) is 16.8. The largest absolute Gasteiger partial charge is 0.494 e. The van der Waals surface area contributed by atoms with E-state index in [2.05, 4.69) is 22.3 Å². The third-order valence-electron chi connectivity index (χ3n) is 4.92. The monoisotopic (exact) mass is 354 g/mol. The summed E-state index contributed by atoms with van der Waals surface area (Å²) in [6.45, 7) is 4.92. The fraction of sp³-hybridized carbons (Fsp3) is 0.381. The van der Waals surface area contributed by atoms with Gasteiger partial charge in [-0.2, -0.15) is 0 Å². The number of piperidine rings is 1. The van der Waals surface area contributed by atoms with Gasteiger partial charge < -0.3 is 15.2 Å². The number of hydrogen-bond donors (Lipinski definition) is 2. The van der Waals surface area contributed by atoms with Crippen LogP contribution in [0.25, 0.3) is 0 Å². The predicted molar refractivity (Wildman–Crippen MR) is 103 cm³/mol. The van der Waals surface area contributed by atoms with Crippen LogP contribution >= 0.6 is 0 Å². The summed E-state index contributed by atoms with van der Waals surface area (Å²) in [4.78, 5) is 14.3. The van der Waals surface area contributed by atoms with Gasteiger partial charge in [0.05, 0.1) is 6.61 Å². The first-order valence-corrected chi connectivity index (χ1v) is 9.12. The summed E-state index contributed by atoms with van der Waals surface area (Å²) in [7, 11) is 0. The zero-order chi connectivity index (χ0) is 18.4. The van der Waals surface area contributed by atoms with Crippen molar-refractivity contribution < 1.29 is 14.6 Å². The van der Waals surface area contributed by atoms with Crippen molar-refractivity contribution in [2.75, 3.05) is 25.0 Å². The van der Waals surface area contributed by atoms with E-state index in [4.69, 9.17) is 4.74 Å². The lowest BCUT2D eigenvalue weighted by Crippen LogP contribution is -2.54. The van der Waals surface area contributed by atoms with Gasteiger partial charge in [-0.1, -0.05) is 30.3 Å². The van der Waals surface area contributed by atoms with Crippen molar-refractivity contribution >= 4 is 11.7 Å². The van der Waals surface area contributed by atoms with Crippen molar-refractivity contribution in [1.29, 1.82) is 0 Å². The maximum absolute atomic E-state index is 12.0. The van der Waals surface area contributed by atoms with Gasteiger partial charge in [0.1, 0.15) is 11.3 Å². The highest BCUT2D eigenvalue weighted by atomic mass is 16.5. The number of likely N-dealkylation sites (tertiary alicyclic amines) is 1. The van der Waals surface area contributed by atoms with Crippen LogP contribution in [0.4, 0.5) is 5.69 Å². The Bertz CT molecular complexity index is 708. The number of carboxylic acids is 1. The highest BCUT2D eigenvalue weighted by molar-refractivity contribution is 5.83. The zero-order valence-corrected chi connectivity index (χ0v) is 15.1. The molecule has 1 saturated heterocycles. The van der Waals surface area contributed by atoms with Crippen LogP contribution in [0.2, 0.25) is 0 Å². The summed E-state index contributed by atoms with van der Waals surface area (Å²) in [5.41, 5.74) is 1.16. The lowest BCUT2D eigenvalue weighted by Gasteiger charge is -2.40. The molecule has 5 heteroatoms. The minimum atomic E-state index is -0.916. The van der Waals surface area contributed by atoms with E-state index in [1.165, 1.54) is 5.56 Å². The van der Waals surface area contributed by atoms with Gasteiger partial charge in [0, 0.05) is 25.3 Å². The second-order valence-electron chi connectivity index (χ2n) is 6.73. The molecule has 1 fully saturated rings. The molecule has 2 aromatic carbocycles. The molecule has 0 amide bonds. The Labute approximate surface area is 154 Å². The number of hydrogen-bond acceptors (Lipinski definition) is 4. The quantitative estimate of drug-likeness (QED) is 0.795. The minimum absolute atomic E-state index is 0.572. The third kappa shape index (κ3) is 4.35. The number of rotatable bonds is 7. The highest BCUT2D eigenvalue weighted by Crippen LogP contribution is 2.29. The van der Waals surface area contributed by atoms with Crippen molar-refractivity contribution in [3.05, 3.63) is 60.2 Å². The molecule has 1 aliphatic rings. The number of aliphatic carboxylic acids is 1. The molecule has 26 heavy (non-hydrogen) atoms. The minimum Gasteiger partial charge on any atom is -0.494 e. The van der Waals surface area contributed by atoms with Gasteiger partial charge in [-0.3, -0.25) is 4.90 Å². The summed E-state index contributed by atoms with van der Waals surface area (Å²) >= 11 is 0. The molecule has 3 rings (SSSR count). The maximum atomic E-state index is 12.0. The first-order valence-electron chi connectivity index (χ1n) is 9.12. The number of benzene rings is 2. The molecule has 0 aliphatic carbocycles. The van der Waals surface area contributed by atoms with Crippen LogP contribution in [0, 0.1) is 0 Å². The molecule has 2 aromatic rings. The molecule has 0 unspecified atom stereocenters. The van der Waals surface area contributed by atoms with Crippen molar-refractivity contribution in [2.45, 2.75) is 31.8 Å². The number of ether oxygens (including phenoxy) is 1. The average molecular weight is 354 g/mol. The molecule has 5 nitrogen and oxygen atoms in total. The summed E-state index contributed by atoms with van der Waals surface area (Å²) < 4.78 is 5.44. The summed E-state index contributed by atoms with van der Waals surface area (Å²) in [5.74, 6) is 0.00542. The van der Waals surface area contributed by atoms with Gasteiger partial charge in [-0.05, 0) is 49.6 Å². The van der Waals surface area contributed by atoms with E-state index in [0.29, 0.717) is 19.4 Å². The standard InChI is InChI=1S/C21H26N2O3/c1-2-26-19-10-8-18(9-11-19)22-21(20(24)25)12-14-23(15-13-21)16-17-6-4-3-5-7-17/h3-11,22H,2,12-16H2,1H3,(H,24,25). The SMILES string of the molecule is CCOc1ccc(NC2(C(=O)O)CCN(Cc3ccccc3)CC2)cc1. The fourth-order valence-electron chi connectivity index (χ4n) is 3.40. The van der Waals surface area contributed by atoms with E-state index in [9.17, 15) is 9.90 Å². The number of carbonyl (C=O) groups is 1.